The zero-order valence-electron chi connectivity index (χ0n) is 23.4. The van der Waals surface area contributed by atoms with Crippen LogP contribution in [0.25, 0.3) is 0 Å². The summed E-state index contributed by atoms with van der Waals surface area (Å²) in [5.41, 5.74) is 1.42. The molecule has 1 aliphatic heterocycles. The van der Waals surface area contributed by atoms with Crippen LogP contribution in [0.15, 0.2) is 46.5 Å². The van der Waals surface area contributed by atoms with Crippen molar-refractivity contribution >= 4 is 19.3 Å². The molecule has 2 rings (SSSR count). The van der Waals surface area contributed by atoms with Crippen LogP contribution in [0.5, 0.6) is 0 Å². The highest BCUT2D eigenvalue weighted by Crippen LogP contribution is 2.64. The second-order valence-electron chi connectivity index (χ2n) is 10.1. The van der Waals surface area contributed by atoms with Gasteiger partial charge in [-0.2, -0.15) is 0 Å². The molecule has 1 heterocycles. The SMILES string of the molecule is CCCOCCOC(=O)C1=C(C)NC(C)=C(P(=O)(OCC(C)C)OCC(C)C)C1c1cccc([N+](=O)[O-])c1. The zero-order valence-corrected chi connectivity index (χ0v) is 24.3. The molecule has 0 bridgehead atoms. The van der Waals surface area contributed by atoms with E-state index in [0.29, 0.717) is 23.6 Å². The molecule has 212 valence electrons. The normalized spacial score (nSPS) is 16.3. The van der Waals surface area contributed by atoms with Gasteiger partial charge in [-0.05, 0) is 37.7 Å². The van der Waals surface area contributed by atoms with E-state index in [1.165, 1.54) is 18.2 Å². The number of esters is 1. The number of dihydropyridines is 1. The maximum absolute atomic E-state index is 14.5. The van der Waals surface area contributed by atoms with E-state index in [0.717, 1.165) is 6.42 Å². The van der Waals surface area contributed by atoms with Crippen LogP contribution in [0.1, 0.15) is 66.4 Å². The van der Waals surface area contributed by atoms with Crippen LogP contribution in [0.3, 0.4) is 0 Å². The third kappa shape index (κ3) is 8.50. The molecule has 0 saturated carbocycles. The highest BCUT2D eigenvalue weighted by molar-refractivity contribution is 7.58. The lowest BCUT2D eigenvalue weighted by atomic mass is 9.86. The van der Waals surface area contributed by atoms with Crippen LogP contribution < -0.4 is 5.32 Å². The van der Waals surface area contributed by atoms with E-state index < -0.39 is 24.4 Å². The molecule has 1 unspecified atom stereocenters. The Morgan fingerprint density at radius 3 is 2.24 bits per heavy atom. The number of nitro benzene ring substituents is 1. The monoisotopic (exact) mass is 552 g/mol. The van der Waals surface area contributed by atoms with E-state index >= 15 is 0 Å². The van der Waals surface area contributed by atoms with Crippen LogP contribution in [0.2, 0.25) is 0 Å². The number of nitro groups is 1. The number of rotatable bonds is 15. The number of hydrogen-bond acceptors (Lipinski definition) is 9. The third-order valence-electron chi connectivity index (χ3n) is 5.62. The Labute approximate surface area is 225 Å². The van der Waals surface area contributed by atoms with E-state index in [1.54, 1.807) is 19.9 Å². The number of carbonyl (C=O) groups is 1. The third-order valence-corrected chi connectivity index (χ3v) is 7.78. The first-order chi connectivity index (χ1) is 17.9. The van der Waals surface area contributed by atoms with E-state index in [-0.39, 0.29) is 54.8 Å². The average Bonchev–Trinajstić information content (AvgIpc) is 2.85. The second-order valence-corrected chi connectivity index (χ2v) is 12.1. The molecule has 0 fully saturated rings. The zero-order chi connectivity index (χ0) is 28.5. The van der Waals surface area contributed by atoms with Crippen molar-refractivity contribution in [3.8, 4) is 0 Å². The molecule has 0 radical (unpaired) electrons. The molecule has 1 aromatic carbocycles. The van der Waals surface area contributed by atoms with Gasteiger partial charge in [0.2, 0.25) is 0 Å². The Balaban J connectivity index is 2.65. The number of non-ortho nitro benzene ring substituents is 1. The van der Waals surface area contributed by atoms with Crippen LogP contribution in [-0.2, 0) is 27.9 Å². The van der Waals surface area contributed by atoms with Crippen molar-refractivity contribution in [3.05, 3.63) is 62.2 Å². The van der Waals surface area contributed by atoms with Crippen LogP contribution in [0, 0.1) is 22.0 Å². The molecule has 38 heavy (non-hydrogen) atoms. The Morgan fingerprint density at radius 2 is 1.68 bits per heavy atom. The van der Waals surface area contributed by atoms with Crippen LogP contribution in [-0.4, -0.2) is 43.9 Å². The summed E-state index contributed by atoms with van der Waals surface area (Å²) >= 11 is 0. The van der Waals surface area contributed by atoms with Gasteiger partial charge >= 0.3 is 13.6 Å². The molecule has 11 heteroatoms. The number of allylic oxidation sites excluding steroid dienone is 3. The van der Waals surface area contributed by atoms with Crippen molar-refractivity contribution in [1.29, 1.82) is 0 Å². The smallest absolute Gasteiger partial charge is 0.360 e. The van der Waals surface area contributed by atoms with E-state index in [4.69, 9.17) is 18.5 Å². The predicted molar refractivity (Wildman–Crippen MR) is 146 cm³/mol. The molecular weight excluding hydrogens is 511 g/mol. The molecule has 0 saturated heterocycles. The Hall–Kier alpha value is -2.52. The van der Waals surface area contributed by atoms with Crippen molar-refractivity contribution in [2.24, 2.45) is 11.8 Å². The second kappa shape index (κ2) is 14.6. The van der Waals surface area contributed by atoms with Crippen LogP contribution >= 0.6 is 7.60 Å². The molecular formula is C27H41N2O8P. The Morgan fingerprint density at radius 1 is 1.05 bits per heavy atom. The fraction of sp³-hybridized carbons (Fsp3) is 0.593. The first kappa shape index (κ1) is 31.7. The van der Waals surface area contributed by atoms with Gasteiger partial charge in [0.05, 0.1) is 41.5 Å². The molecule has 1 aliphatic rings. The molecule has 0 aromatic heterocycles. The van der Waals surface area contributed by atoms with Crippen molar-refractivity contribution in [2.45, 2.75) is 60.8 Å². The largest absolute Gasteiger partial charge is 0.460 e. The van der Waals surface area contributed by atoms with Crippen molar-refractivity contribution in [2.75, 3.05) is 33.0 Å². The lowest BCUT2D eigenvalue weighted by Crippen LogP contribution is -2.30. The molecule has 0 spiro atoms. The number of hydrogen-bond donors (Lipinski definition) is 1. The van der Waals surface area contributed by atoms with Gasteiger partial charge in [-0.25, -0.2) is 4.79 Å². The Bertz CT molecular complexity index is 1080. The van der Waals surface area contributed by atoms with Crippen LogP contribution in [0.4, 0.5) is 5.69 Å². The van der Waals surface area contributed by atoms with Gasteiger partial charge in [-0.1, -0.05) is 46.8 Å². The standard InChI is InChI=1S/C27H41N2O8P/c1-8-12-34-13-14-35-27(30)24-20(6)28-21(7)26(25(24)22-10-9-11-23(15-22)29(31)32)38(33,36-16-18(2)3)37-17-19(4)5/h9-11,15,18-19,25,28H,8,12-14,16-17H2,1-7H3. The number of nitrogens with zero attached hydrogens (tertiary/aromatic N) is 1. The number of carbonyl (C=O) groups excluding carboxylic acids is 1. The predicted octanol–water partition coefficient (Wildman–Crippen LogP) is 6.30. The summed E-state index contributed by atoms with van der Waals surface area (Å²) in [5.74, 6) is -1.48. The average molecular weight is 553 g/mol. The lowest BCUT2D eigenvalue weighted by Gasteiger charge is -2.35. The van der Waals surface area contributed by atoms with Gasteiger partial charge in [0.25, 0.3) is 5.69 Å². The van der Waals surface area contributed by atoms with E-state index in [1.807, 2.05) is 34.6 Å². The molecule has 1 atom stereocenters. The van der Waals surface area contributed by atoms with Gasteiger partial charge in [-0.15, -0.1) is 0 Å². The topological polar surface area (TPSA) is 126 Å². The molecule has 1 aromatic rings. The molecule has 0 aliphatic carbocycles. The first-order valence-corrected chi connectivity index (χ1v) is 14.5. The van der Waals surface area contributed by atoms with Crippen molar-refractivity contribution < 1.29 is 32.8 Å². The highest BCUT2D eigenvalue weighted by atomic mass is 31.2. The molecule has 1 N–H and O–H groups in total. The highest BCUT2D eigenvalue weighted by Gasteiger charge is 2.45. The van der Waals surface area contributed by atoms with Gasteiger partial charge < -0.3 is 23.8 Å². The lowest BCUT2D eigenvalue weighted by molar-refractivity contribution is -0.384. The summed E-state index contributed by atoms with van der Waals surface area (Å²) in [4.78, 5) is 24.5. The number of nitrogens with one attached hydrogen (secondary N) is 1. The summed E-state index contributed by atoms with van der Waals surface area (Å²) in [6.07, 6.45) is 0.840. The minimum absolute atomic E-state index is 0.0284. The molecule has 0 amide bonds. The number of ether oxygens (including phenoxy) is 2. The summed E-state index contributed by atoms with van der Waals surface area (Å²) in [5, 5.41) is 15.0. The van der Waals surface area contributed by atoms with Gasteiger partial charge in [0.1, 0.15) is 6.61 Å². The summed E-state index contributed by atoms with van der Waals surface area (Å²) < 4.78 is 37.4. The minimum atomic E-state index is -3.98. The van der Waals surface area contributed by atoms with Gasteiger partial charge in [-0.3, -0.25) is 14.7 Å². The fourth-order valence-corrected chi connectivity index (χ4v) is 6.35. The van der Waals surface area contributed by atoms with Crippen molar-refractivity contribution in [3.63, 3.8) is 0 Å². The summed E-state index contributed by atoms with van der Waals surface area (Å²) in [7, 11) is -3.98. The minimum Gasteiger partial charge on any atom is -0.460 e. The summed E-state index contributed by atoms with van der Waals surface area (Å²) in [6.45, 7) is 14.3. The maximum Gasteiger partial charge on any atom is 0.360 e. The number of benzene rings is 1. The Kier molecular flexibility index (Phi) is 12.2. The molecule has 10 nitrogen and oxygen atoms in total. The fourth-order valence-electron chi connectivity index (χ4n) is 3.95. The van der Waals surface area contributed by atoms with E-state index in [9.17, 15) is 19.5 Å². The van der Waals surface area contributed by atoms with E-state index in [2.05, 4.69) is 5.32 Å². The maximum atomic E-state index is 14.5. The summed E-state index contributed by atoms with van der Waals surface area (Å²) in [6, 6.07) is 5.94. The first-order valence-electron chi connectivity index (χ1n) is 13.0. The van der Waals surface area contributed by atoms with Gasteiger partial charge in [0.15, 0.2) is 0 Å². The van der Waals surface area contributed by atoms with Crippen molar-refractivity contribution in [1.82, 2.24) is 5.32 Å². The quantitative estimate of drug-likeness (QED) is 0.0877. The van der Waals surface area contributed by atoms with Gasteiger partial charge in [0, 0.05) is 30.1 Å².